The quantitative estimate of drug-likeness (QED) is 0.388. The van der Waals surface area contributed by atoms with Gasteiger partial charge in [0, 0.05) is 71.3 Å². The van der Waals surface area contributed by atoms with Gasteiger partial charge in [-0.05, 0) is 24.3 Å². The van der Waals surface area contributed by atoms with E-state index in [0.29, 0.717) is 18.8 Å². The Balaban J connectivity index is 1.17. The molecule has 194 valence electrons. The van der Waals surface area contributed by atoms with E-state index in [9.17, 15) is 4.79 Å². The summed E-state index contributed by atoms with van der Waals surface area (Å²) in [6.07, 6.45) is 3.36. The molecule has 0 aliphatic carbocycles. The standard InChI is InChI=1S/C25H27N11OS/c1-26-17-13-18-3-4-22(36(18)30-15-17)21-14-20(27-2)19(16-29-21)23-31-32-24(38-23)33-9-11-35(12-10-33)25(37)34-7-5-28-6-8-34/h3-4,13-16,28H,5-12H2,2H3,(H,27,29). The van der Waals surface area contributed by atoms with Crippen LogP contribution in [0.2, 0.25) is 0 Å². The molecule has 0 saturated carbocycles. The molecule has 0 radical (unpaired) electrons. The van der Waals surface area contributed by atoms with E-state index >= 15 is 0 Å². The molecule has 2 aliphatic heterocycles. The molecule has 0 atom stereocenters. The van der Waals surface area contributed by atoms with Gasteiger partial charge in [-0.15, -0.1) is 10.2 Å². The molecule has 38 heavy (non-hydrogen) atoms. The smallest absolute Gasteiger partial charge is 0.320 e. The molecule has 0 spiro atoms. The Labute approximate surface area is 223 Å². The molecule has 13 heteroatoms. The van der Waals surface area contributed by atoms with Crippen molar-refractivity contribution in [3.8, 4) is 22.0 Å². The van der Waals surface area contributed by atoms with Gasteiger partial charge in [-0.2, -0.15) is 5.10 Å². The molecule has 4 aromatic heterocycles. The number of amides is 2. The summed E-state index contributed by atoms with van der Waals surface area (Å²) in [5.74, 6) is 0. The largest absolute Gasteiger partial charge is 0.387 e. The Morgan fingerprint density at radius 3 is 2.61 bits per heavy atom. The maximum absolute atomic E-state index is 12.8. The number of carbonyl (C=O) groups excluding carboxylic acids is 1. The topological polar surface area (TPSA) is 111 Å². The number of carbonyl (C=O) groups is 1. The van der Waals surface area contributed by atoms with Crippen LogP contribution in [0.25, 0.3) is 32.3 Å². The molecule has 0 bridgehead atoms. The molecule has 6 rings (SSSR count). The second-order valence-electron chi connectivity index (χ2n) is 9.13. The Hall–Kier alpha value is -4.28. The Kier molecular flexibility index (Phi) is 6.48. The number of aromatic nitrogens is 5. The summed E-state index contributed by atoms with van der Waals surface area (Å²) >= 11 is 1.53. The first kappa shape index (κ1) is 24.1. The van der Waals surface area contributed by atoms with Crippen molar-refractivity contribution in [2.75, 3.05) is 69.6 Å². The summed E-state index contributed by atoms with van der Waals surface area (Å²) in [5.41, 5.74) is 4.70. The van der Waals surface area contributed by atoms with Crippen molar-refractivity contribution >= 4 is 39.4 Å². The number of fused-ring (bicyclic) bond motifs is 1. The molecule has 12 nitrogen and oxygen atoms in total. The molecule has 2 N–H and O–H groups in total. The first-order valence-electron chi connectivity index (χ1n) is 12.5. The molecule has 0 unspecified atom stereocenters. The van der Waals surface area contributed by atoms with Crippen LogP contribution in [0.15, 0.2) is 36.7 Å². The number of anilines is 2. The van der Waals surface area contributed by atoms with Crippen molar-refractivity contribution < 1.29 is 4.79 Å². The van der Waals surface area contributed by atoms with Crippen molar-refractivity contribution in [3.63, 3.8) is 0 Å². The van der Waals surface area contributed by atoms with Gasteiger partial charge < -0.3 is 25.3 Å². The van der Waals surface area contributed by atoms with Crippen LogP contribution < -0.4 is 15.5 Å². The summed E-state index contributed by atoms with van der Waals surface area (Å²) in [6.45, 7) is 13.2. The maximum Gasteiger partial charge on any atom is 0.320 e. The van der Waals surface area contributed by atoms with Gasteiger partial charge in [0.15, 0.2) is 5.01 Å². The lowest BCUT2D eigenvalue weighted by Gasteiger charge is -2.38. The van der Waals surface area contributed by atoms with Crippen molar-refractivity contribution in [2.24, 2.45) is 0 Å². The van der Waals surface area contributed by atoms with E-state index in [1.807, 2.05) is 41.2 Å². The van der Waals surface area contributed by atoms with Gasteiger partial charge in [-0.1, -0.05) is 11.3 Å². The van der Waals surface area contributed by atoms with Gasteiger partial charge in [0.2, 0.25) is 10.8 Å². The zero-order valence-electron chi connectivity index (χ0n) is 21.0. The lowest BCUT2D eigenvalue weighted by atomic mass is 10.2. The van der Waals surface area contributed by atoms with E-state index in [4.69, 9.17) is 11.6 Å². The van der Waals surface area contributed by atoms with E-state index in [-0.39, 0.29) is 6.03 Å². The Morgan fingerprint density at radius 1 is 1.05 bits per heavy atom. The lowest BCUT2D eigenvalue weighted by molar-refractivity contribution is 0.144. The van der Waals surface area contributed by atoms with Gasteiger partial charge >= 0.3 is 6.03 Å². The molecule has 6 heterocycles. The minimum absolute atomic E-state index is 0.131. The summed E-state index contributed by atoms with van der Waals surface area (Å²) in [6, 6.07) is 7.79. The highest BCUT2D eigenvalue weighted by molar-refractivity contribution is 7.18. The fourth-order valence-electron chi connectivity index (χ4n) is 4.81. The van der Waals surface area contributed by atoms with Gasteiger partial charge in [-0.25, -0.2) is 14.2 Å². The predicted molar refractivity (Wildman–Crippen MR) is 147 cm³/mol. The van der Waals surface area contributed by atoms with E-state index in [0.717, 1.165) is 77.6 Å². The second-order valence-corrected chi connectivity index (χ2v) is 10.1. The zero-order valence-corrected chi connectivity index (χ0v) is 21.8. The number of nitrogens with zero attached hydrogens (tertiary/aromatic N) is 9. The number of hydrogen-bond acceptors (Lipinski definition) is 9. The third-order valence-corrected chi connectivity index (χ3v) is 7.92. The number of urea groups is 1. The van der Waals surface area contributed by atoms with E-state index in [1.54, 1.807) is 16.8 Å². The highest BCUT2D eigenvalue weighted by atomic mass is 32.1. The number of pyridine rings is 1. The third-order valence-electron chi connectivity index (χ3n) is 6.90. The predicted octanol–water partition coefficient (Wildman–Crippen LogP) is 2.65. The summed E-state index contributed by atoms with van der Waals surface area (Å²) in [7, 11) is 1.87. The SMILES string of the molecule is [C-]#[N+]c1cnn2c(-c3cc(NC)c(-c4nnc(N5CCN(C(=O)N6CCNCC6)CC5)s4)cn3)ccc2c1. The lowest BCUT2D eigenvalue weighted by Crippen LogP contribution is -2.56. The number of hydrogen-bond donors (Lipinski definition) is 2. The van der Waals surface area contributed by atoms with Gasteiger partial charge in [0.25, 0.3) is 0 Å². The van der Waals surface area contributed by atoms with Crippen LogP contribution in [0.1, 0.15) is 0 Å². The van der Waals surface area contributed by atoms with Crippen LogP contribution in [0.5, 0.6) is 0 Å². The number of rotatable bonds is 4. The van der Waals surface area contributed by atoms with Crippen LogP contribution in [0, 0.1) is 6.57 Å². The van der Waals surface area contributed by atoms with Gasteiger partial charge in [-0.3, -0.25) is 4.98 Å². The van der Waals surface area contributed by atoms with Crippen LogP contribution in [-0.4, -0.2) is 100 Å². The van der Waals surface area contributed by atoms with Crippen molar-refractivity contribution in [3.05, 3.63) is 48.1 Å². The van der Waals surface area contributed by atoms with Gasteiger partial charge in [0.1, 0.15) is 0 Å². The minimum atomic E-state index is 0.131. The first-order valence-corrected chi connectivity index (χ1v) is 13.3. The van der Waals surface area contributed by atoms with Crippen LogP contribution in [0.4, 0.5) is 21.3 Å². The summed E-state index contributed by atoms with van der Waals surface area (Å²) in [5, 5.41) is 21.5. The molecular weight excluding hydrogens is 502 g/mol. The van der Waals surface area contributed by atoms with Crippen LogP contribution in [0.3, 0.4) is 0 Å². The summed E-state index contributed by atoms with van der Waals surface area (Å²) in [4.78, 5) is 27.0. The molecular formula is C25H27N11OS. The minimum Gasteiger partial charge on any atom is -0.387 e. The van der Waals surface area contributed by atoms with Gasteiger partial charge in [0.05, 0.1) is 35.2 Å². The second kappa shape index (κ2) is 10.2. The Bertz CT molecular complexity index is 1510. The maximum atomic E-state index is 12.8. The normalized spacial score (nSPS) is 16.1. The van der Waals surface area contributed by atoms with E-state index < -0.39 is 0 Å². The highest BCUT2D eigenvalue weighted by Gasteiger charge is 2.27. The molecule has 2 fully saturated rings. The number of nitrogens with one attached hydrogen (secondary N) is 2. The number of piperazine rings is 2. The zero-order chi connectivity index (χ0) is 26.1. The molecule has 2 aliphatic rings. The van der Waals surface area contributed by atoms with E-state index in [1.165, 1.54) is 11.3 Å². The van der Waals surface area contributed by atoms with Crippen LogP contribution >= 0.6 is 11.3 Å². The van der Waals surface area contributed by atoms with E-state index in [2.05, 4.69) is 35.7 Å². The average molecular weight is 530 g/mol. The van der Waals surface area contributed by atoms with Crippen molar-refractivity contribution in [2.45, 2.75) is 0 Å². The Morgan fingerprint density at radius 2 is 1.84 bits per heavy atom. The van der Waals surface area contributed by atoms with Crippen molar-refractivity contribution in [1.82, 2.24) is 39.9 Å². The average Bonchev–Trinajstić information content (AvgIpc) is 3.64. The third kappa shape index (κ3) is 4.48. The molecule has 0 aromatic carbocycles. The highest BCUT2D eigenvalue weighted by Crippen LogP contribution is 2.35. The molecule has 4 aromatic rings. The summed E-state index contributed by atoms with van der Waals surface area (Å²) < 4.78 is 1.78. The van der Waals surface area contributed by atoms with Crippen molar-refractivity contribution in [1.29, 1.82) is 0 Å². The van der Waals surface area contributed by atoms with Crippen LogP contribution in [-0.2, 0) is 0 Å². The monoisotopic (exact) mass is 529 g/mol. The molecule has 2 amide bonds. The first-order chi connectivity index (χ1) is 18.6. The fraction of sp³-hybridized carbons (Fsp3) is 0.360. The fourth-order valence-corrected chi connectivity index (χ4v) is 5.73. The molecule has 2 saturated heterocycles.